The molecule has 1 saturated heterocycles. The Hall–Kier alpha value is -0.620. The van der Waals surface area contributed by atoms with Crippen LogP contribution in [0.4, 0.5) is 0 Å². The summed E-state index contributed by atoms with van der Waals surface area (Å²) in [7, 11) is -2.96. The Morgan fingerprint density at radius 3 is 2.45 bits per heavy atom. The molecule has 1 amide bonds. The van der Waals surface area contributed by atoms with Gasteiger partial charge in [-0.3, -0.25) is 4.79 Å². The number of hydrogen-bond acceptors (Lipinski definition) is 4. The lowest BCUT2D eigenvalue weighted by Crippen LogP contribution is -2.49. The van der Waals surface area contributed by atoms with Gasteiger partial charge in [-0.05, 0) is 33.6 Å². The van der Waals surface area contributed by atoms with Gasteiger partial charge in [-0.15, -0.1) is 0 Å². The minimum absolute atomic E-state index is 0.00970. The van der Waals surface area contributed by atoms with Crippen molar-refractivity contribution in [1.29, 1.82) is 0 Å². The van der Waals surface area contributed by atoms with Gasteiger partial charge in [0, 0.05) is 18.1 Å². The van der Waals surface area contributed by atoms with Gasteiger partial charge in [-0.2, -0.15) is 0 Å². The highest BCUT2D eigenvalue weighted by Crippen LogP contribution is 2.18. The third kappa shape index (κ3) is 5.79. The molecule has 5 nitrogen and oxygen atoms in total. The maximum absolute atomic E-state index is 12.4. The summed E-state index contributed by atoms with van der Waals surface area (Å²) in [4.78, 5) is 14.1. The van der Waals surface area contributed by atoms with Crippen LogP contribution in [-0.4, -0.2) is 55.4 Å². The lowest BCUT2D eigenvalue weighted by molar-refractivity contribution is -0.132. The summed E-state index contributed by atoms with van der Waals surface area (Å²) in [5.74, 6) is 0.341. The van der Waals surface area contributed by atoms with E-state index in [1.165, 1.54) is 0 Å². The molecule has 1 rings (SSSR count). The van der Waals surface area contributed by atoms with Crippen molar-refractivity contribution in [3.63, 3.8) is 0 Å². The first-order valence-electron chi connectivity index (χ1n) is 7.39. The smallest absolute Gasteiger partial charge is 0.236 e. The molecule has 1 heterocycles. The van der Waals surface area contributed by atoms with E-state index >= 15 is 0 Å². The summed E-state index contributed by atoms with van der Waals surface area (Å²) in [6.45, 7) is 9.02. The molecule has 0 bridgehead atoms. The zero-order chi connectivity index (χ0) is 15.4. The van der Waals surface area contributed by atoms with E-state index in [0.717, 1.165) is 12.8 Å². The maximum Gasteiger partial charge on any atom is 0.236 e. The van der Waals surface area contributed by atoms with E-state index in [2.05, 4.69) is 12.2 Å². The monoisotopic (exact) mass is 304 g/mol. The fourth-order valence-corrected chi connectivity index (χ4v) is 4.03. The average Bonchev–Trinajstić information content (AvgIpc) is 2.66. The van der Waals surface area contributed by atoms with Gasteiger partial charge in [0.15, 0.2) is 9.84 Å². The number of carbonyl (C=O) groups is 1. The lowest BCUT2D eigenvalue weighted by atomic mass is 10.1. The summed E-state index contributed by atoms with van der Waals surface area (Å²) < 4.78 is 23.2. The molecule has 0 saturated carbocycles. The summed E-state index contributed by atoms with van der Waals surface area (Å²) in [6.07, 6.45) is 2.49. The van der Waals surface area contributed by atoms with E-state index in [1.807, 2.05) is 20.8 Å². The Balaban J connectivity index is 2.66. The molecule has 1 atom stereocenters. The van der Waals surface area contributed by atoms with Crippen molar-refractivity contribution < 1.29 is 13.2 Å². The van der Waals surface area contributed by atoms with Crippen LogP contribution in [0.15, 0.2) is 0 Å². The van der Waals surface area contributed by atoms with Crippen LogP contribution < -0.4 is 5.32 Å². The van der Waals surface area contributed by atoms with E-state index in [9.17, 15) is 13.2 Å². The van der Waals surface area contributed by atoms with Gasteiger partial charge in [0.05, 0.1) is 18.1 Å². The highest BCUT2D eigenvalue weighted by Gasteiger charge is 2.34. The third-order valence-electron chi connectivity index (χ3n) is 3.49. The van der Waals surface area contributed by atoms with Crippen molar-refractivity contribution >= 4 is 15.7 Å². The Kier molecular flexibility index (Phi) is 6.01. The molecule has 0 aromatic heterocycles. The van der Waals surface area contributed by atoms with Crippen molar-refractivity contribution in [2.45, 2.75) is 58.5 Å². The molecule has 1 N–H and O–H groups in total. The standard InChI is InChI=1S/C14H28N2O3S/c1-5-6-8-16(12-7-9-20(18,19)11-12)13(17)10-15-14(2,3)4/h12,15H,5-11H2,1-4H3. The van der Waals surface area contributed by atoms with Crippen LogP contribution in [-0.2, 0) is 14.6 Å². The largest absolute Gasteiger partial charge is 0.338 e. The lowest BCUT2D eigenvalue weighted by Gasteiger charge is -2.30. The highest BCUT2D eigenvalue weighted by molar-refractivity contribution is 7.91. The number of carbonyl (C=O) groups excluding carboxylic acids is 1. The van der Waals surface area contributed by atoms with Gasteiger partial charge in [-0.1, -0.05) is 13.3 Å². The molecule has 0 aromatic rings. The van der Waals surface area contributed by atoms with Crippen molar-refractivity contribution in [2.24, 2.45) is 0 Å². The second-order valence-corrected chi connectivity index (χ2v) is 8.83. The van der Waals surface area contributed by atoms with Gasteiger partial charge in [0.25, 0.3) is 0 Å². The molecule has 20 heavy (non-hydrogen) atoms. The van der Waals surface area contributed by atoms with E-state index in [4.69, 9.17) is 0 Å². The quantitative estimate of drug-likeness (QED) is 0.800. The van der Waals surface area contributed by atoms with Gasteiger partial charge in [0.1, 0.15) is 0 Å². The molecular weight excluding hydrogens is 276 g/mol. The Bertz CT molecular complexity index is 426. The van der Waals surface area contributed by atoms with Crippen molar-refractivity contribution in [1.82, 2.24) is 10.2 Å². The predicted octanol–water partition coefficient (Wildman–Crippen LogP) is 1.19. The van der Waals surface area contributed by atoms with Crippen LogP contribution in [0.1, 0.15) is 47.0 Å². The van der Waals surface area contributed by atoms with E-state index in [1.54, 1.807) is 4.90 Å². The molecule has 0 aromatic carbocycles. The number of rotatable bonds is 6. The first-order chi connectivity index (χ1) is 9.14. The van der Waals surface area contributed by atoms with E-state index in [-0.39, 0.29) is 35.5 Å². The van der Waals surface area contributed by atoms with Gasteiger partial charge in [-0.25, -0.2) is 8.42 Å². The molecule has 1 fully saturated rings. The SMILES string of the molecule is CCCCN(C(=O)CNC(C)(C)C)C1CCS(=O)(=O)C1. The molecule has 0 radical (unpaired) electrons. The van der Waals surface area contributed by atoms with Crippen molar-refractivity contribution in [3.05, 3.63) is 0 Å². The third-order valence-corrected chi connectivity index (χ3v) is 5.24. The van der Waals surface area contributed by atoms with Crippen LogP contribution in [0.5, 0.6) is 0 Å². The summed E-state index contributed by atoms with van der Waals surface area (Å²) >= 11 is 0. The molecule has 1 unspecified atom stereocenters. The van der Waals surface area contributed by atoms with Crippen LogP contribution >= 0.6 is 0 Å². The molecule has 118 valence electrons. The van der Waals surface area contributed by atoms with E-state index < -0.39 is 9.84 Å². The second kappa shape index (κ2) is 6.89. The first-order valence-corrected chi connectivity index (χ1v) is 9.21. The maximum atomic E-state index is 12.4. The van der Waals surface area contributed by atoms with Gasteiger partial charge >= 0.3 is 0 Å². The first kappa shape index (κ1) is 17.4. The minimum atomic E-state index is -2.96. The molecule has 6 heteroatoms. The molecule has 0 spiro atoms. The zero-order valence-electron chi connectivity index (χ0n) is 13.1. The van der Waals surface area contributed by atoms with Crippen molar-refractivity contribution in [3.8, 4) is 0 Å². The number of nitrogens with zero attached hydrogens (tertiary/aromatic N) is 1. The fraction of sp³-hybridized carbons (Fsp3) is 0.929. The number of hydrogen-bond donors (Lipinski definition) is 1. The summed E-state index contributed by atoms with van der Waals surface area (Å²) in [5.41, 5.74) is -0.117. The van der Waals surface area contributed by atoms with Crippen LogP contribution in [0.3, 0.4) is 0 Å². The molecule has 1 aliphatic heterocycles. The number of nitrogens with one attached hydrogen (secondary N) is 1. The van der Waals surface area contributed by atoms with Crippen LogP contribution in [0, 0.1) is 0 Å². The second-order valence-electron chi connectivity index (χ2n) is 6.60. The summed E-state index contributed by atoms with van der Waals surface area (Å²) in [5, 5.41) is 3.18. The molecular formula is C14H28N2O3S. The van der Waals surface area contributed by atoms with Gasteiger partial charge < -0.3 is 10.2 Å². The topological polar surface area (TPSA) is 66.5 Å². The predicted molar refractivity (Wildman–Crippen MR) is 81.4 cm³/mol. The Morgan fingerprint density at radius 2 is 2.00 bits per heavy atom. The number of unbranched alkanes of at least 4 members (excludes halogenated alkanes) is 1. The minimum Gasteiger partial charge on any atom is -0.338 e. The summed E-state index contributed by atoms with van der Waals surface area (Å²) in [6, 6.07) is -0.138. The zero-order valence-corrected chi connectivity index (χ0v) is 13.9. The number of sulfone groups is 1. The number of amides is 1. The van der Waals surface area contributed by atoms with Crippen molar-refractivity contribution in [2.75, 3.05) is 24.6 Å². The van der Waals surface area contributed by atoms with Crippen LogP contribution in [0.25, 0.3) is 0 Å². The molecule has 1 aliphatic rings. The molecule has 0 aliphatic carbocycles. The highest BCUT2D eigenvalue weighted by atomic mass is 32.2. The Morgan fingerprint density at radius 1 is 1.35 bits per heavy atom. The van der Waals surface area contributed by atoms with Crippen LogP contribution in [0.2, 0.25) is 0 Å². The Labute approximate surface area is 123 Å². The van der Waals surface area contributed by atoms with E-state index in [0.29, 0.717) is 13.0 Å². The van der Waals surface area contributed by atoms with Gasteiger partial charge in [0.2, 0.25) is 5.91 Å². The average molecular weight is 304 g/mol. The normalized spacial score (nSPS) is 21.9. The fourth-order valence-electron chi connectivity index (χ4n) is 2.30.